The fourth-order valence-electron chi connectivity index (χ4n) is 1.57. The average Bonchev–Trinajstić information content (AvgIpc) is 2.29. The molecule has 136 valence electrons. The third-order valence-corrected chi connectivity index (χ3v) is 2.75. The number of hydrogen-bond acceptors (Lipinski definition) is 5. The Morgan fingerprint density at radius 2 is 1.30 bits per heavy atom. The summed E-state index contributed by atoms with van der Waals surface area (Å²) in [6, 6.07) is -0.0747. The second-order valence-corrected chi connectivity index (χ2v) is 7.61. The molecule has 0 aliphatic carbocycles. The molecule has 2 amide bonds. The van der Waals surface area contributed by atoms with Crippen LogP contribution in [0.5, 0.6) is 0 Å². The number of carbonyl (C=O) groups excluding carboxylic acids is 2. The van der Waals surface area contributed by atoms with E-state index in [4.69, 9.17) is 9.47 Å². The number of nitrogens with one attached hydrogen (secondary N) is 3. The standard InChI is InChI=1S/C16H33N3O4/c1-11(12(2)19-14(21)23-16(6,7)8)17-9-10-18-13(20)22-15(3,4)5/h11-12,17H,9-10H2,1-8H3,(H,18,20)(H,19,21). The molecule has 2 unspecified atom stereocenters. The largest absolute Gasteiger partial charge is 0.444 e. The maximum atomic E-state index is 11.7. The van der Waals surface area contributed by atoms with E-state index in [2.05, 4.69) is 16.0 Å². The highest BCUT2D eigenvalue weighted by atomic mass is 16.6. The van der Waals surface area contributed by atoms with E-state index in [-0.39, 0.29) is 12.1 Å². The van der Waals surface area contributed by atoms with Crippen molar-refractivity contribution in [2.75, 3.05) is 13.1 Å². The topological polar surface area (TPSA) is 88.7 Å². The van der Waals surface area contributed by atoms with Crippen LogP contribution in [0.4, 0.5) is 9.59 Å². The van der Waals surface area contributed by atoms with Crippen LogP contribution in [0, 0.1) is 0 Å². The zero-order valence-electron chi connectivity index (χ0n) is 15.7. The molecule has 0 saturated heterocycles. The summed E-state index contributed by atoms with van der Waals surface area (Å²) < 4.78 is 10.4. The summed E-state index contributed by atoms with van der Waals surface area (Å²) in [5.41, 5.74) is -1.02. The van der Waals surface area contributed by atoms with E-state index < -0.39 is 23.4 Å². The Morgan fingerprint density at radius 1 is 0.826 bits per heavy atom. The normalized spacial score (nSPS) is 14.6. The second-order valence-electron chi connectivity index (χ2n) is 7.61. The van der Waals surface area contributed by atoms with Crippen LogP contribution in [0.1, 0.15) is 55.4 Å². The van der Waals surface area contributed by atoms with Crippen LogP contribution in [-0.2, 0) is 9.47 Å². The van der Waals surface area contributed by atoms with Crippen LogP contribution in [0.25, 0.3) is 0 Å². The first kappa shape index (κ1) is 21.5. The van der Waals surface area contributed by atoms with Gasteiger partial charge in [0.25, 0.3) is 0 Å². The number of carbonyl (C=O) groups is 2. The lowest BCUT2D eigenvalue weighted by Gasteiger charge is -2.25. The number of hydrogen-bond donors (Lipinski definition) is 3. The Bertz CT molecular complexity index is 386. The van der Waals surface area contributed by atoms with Crippen LogP contribution < -0.4 is 16.0 Å². The van der Waals surface area contributed by atoms with Crippen LogP contribution in [0.3, 0.4) is 0 Å². The first-order chi connectivity index (χ1) is 10.3. The Hall–Kier alpha value is -1.50. The molecule has 2 atom stereocenters. The maximum absolute atomic E-state index is 11.7. The molecule has 0 aliphatic rings. The van der Waals surface area contributed by atoms with Crippen LogP contribution in [0.15, 0.2) is 0 Å². The summed E-state index contributed by atoms with van der Waals surface area (Å²) in [4.78, 5) is 23.2. The SMILES string of the molecule is CC(NCCNC(=O)OC(C)(C)C)C(C)NC(=O)OC(C)(C)C. The molecule has 0 aromatic heterocycles. The predicted molar refractivity (Wildman–Crippen MR) is 90.5 cm³/mol. The van der Waals surface area contributed by atoms with Crippen molar-refractivity contribution in [3.05, 3.63) is 0 Å². The van der Waals surface area contributed by atoms with Crippen molar-refractivity contribution < 1.29 is 19.1 Å². The summed E-state index contributed by atoms with van der Waals surface area (Å²) in [5.74, 6) is 0. The van der Waals surface area contributed by atoms with E-state index >= 15 is 0 Å². The van der Waals surface area contributed by atoms with E-state index in [9.17, 15) is 9.59 Å². The Labute approximate surface area is 139 Å². The van der Waals surface area contributed by atoms with Crippen LogP contribution >= 0.6 is 0 Å². The average molecular weight is 331 g/mol. The van der Waals surface area contributed by atoms with E-state index in [0.29, 0.717) is 13.1 Å². The van der Waals surface area contributed by atoms with E-state index in [1.165, 1.54) is 0 Å². The Balaban J connectivity index is 3.95. The van der Waals surface area contributed by atoms with Gasteiger partial charge in [0.1, 0.15) is 11.2 Å². The van der Waals surface area contributed by atoms with Crippen molar-refractivity contribution in [2.24, 2.45) is 0 Å². The predicted octanol–water partition coefficient (Wildman–Crippen LogP) is 2.40. The molecule has 23 heavy (non-hydrogen) atoms. The van der Waals surface area contributed by atoms with Gasteiger partial charge in [0, 0.05) is 25.2 Å². The first-order valence-electron chi connectivity index (χ1n) is 8.00. The minimum absolute atomic E-state index is 0.0305. The molecule has 0 heterocycles. The Kier molecular flexibility index (Phi) is 8.37. The van der Waals surface area contributed by atoms with Crippen molar-refractivity contribution in [1.29, 1.82) is 0 Å². The zero-order chi connectivity index (χ0) is 18.3. The maximum Gasteiger partial charge on any atom is 0.407 e. The van der Waals surface area contributed by atoms with Gasteiger partial charge in [0.05, 0.1) is 0 Å². The molecular formula is C16H33N3O4. The van der Waals surface area contributed by atoms with Crippen molar-refractivity contribution in [3.8, 4) is 0 Å². The van der Waals surface area contributed by atoms with Crippen LogP contribution in [-0.4, -0.2) is 48.6 Å². The minimum Gasteiger partial charge on any atom is -0.444 e. The van der Waals surface area contributed by atoms with Gasteiger partial charge in [-0.3, -0.25) is 0 Å². The molecule has 0 saturated carbocycles. The lowest BCUT2D eigenvalue weighted by molar-refractivity contribution is 0.0498. The summed E-state index contributed by atoms with van der Waals surface area (Å²) >= 11 is 0. The number of ether oxygens (including phenoxy) is 2. The van der Waals surface area contributed by atoms with Gasteiger partial charge >= 0.3 is 12.2 Å². The third-order valence-electron chi connectivity index (χ3n) is 2.75. The van der Waals surface area contributed by atoms with E-state index in [1.54, 1.807) is 0 Å². The van der Waals surface area contributed by atoms with Crippen molar-refractivity contribution in [3.63, 3.8) is 0 Å². The fraction of sp³-hybridized carbons (Fsp3) is 0.875. The number of alkyl carbamates (subject to hydrolysis) is 2. The van der Waals surface area contributed by atoms with Crippen molar-refractivity contribution in [2.45, 2.75) is 78.7 Å². The molecule has 0 bridgehead atoms. The fourth-order valence-corrected chi connectivity index (χ4v) is 1.57. The highest BCUT2D eigenvalue weighted by molar-refractivity contribution is 5.68. The van der Waals surface area contributed by atoms with Gasteiger partial charge in [-0.05, 0) is 55.4 Å². The van der Waals surface area contributed by atoms with Gasteiger partial charge in [-0.25, -0.2) is 9.59 Å². The quantitative estimate of drug-likeness (QED) is 0.650. The molecule has 0 rings (SSSR count). The summed E-state index contributed by atoms with van der Waals surface area (Å²) in [7, 11) is 0. The van der Waals surface area contributed by atoms with Gasteiger partial charge in [-0.2, -0.15) is 0 Å². The monoisotopic (exact) mass is 331 g/mol. The second kappa shape index (κ2) is 8.96. The summed E-state index contributed by atoms with van der Waals surface area (Å²) in [6.45, 7) is 15.8. The molecule has 0 radical (unpaired) electrons. The third kappa shape index (κ3) is 12.7. The molecule has 0 fully saturated rings. The molecule has 0 aliphatic heterocycles. The lowest BCUT2D eigenvalue weighted by Crippen LogP contribution is -2.49. The Morgan fingerprint density at radius 3 is 1.78 bits per heavy atom. The van der Waals surface area contributed by atoms with Gasteiger partial charge in [0.2, 0.25) is 0 Å². The van der Waals surface area contributed by atoms with E-state index in [0.717, 1.165) is 0 Å². The van der Waals surface area contributed by atoms with Gasteiger partial charge in [-0.1, -0.05) is 0 Å². The molecule has 0 aromatic rings. The minimum atomic E-state index is -0.516. The van der Waals surface area contributed by atoms with Gasteiger partial charge < -0.3 is 25.4 Å². The highest BCUT2D eigenvalue weighted by Crippen LogP contribution is 2.07. The molecule has 0 spiro atoms. The molecule has 7 heteroatoms. The molecule has 0 aromatic carbocycles. The number of rotatable bonds is 6. The zero-order valence-corrected chi connectivity index (χ0v) is 15.7. The lowest BCUT2D eigenvalue weighted by atomic mass is 10.1. The van der Waals surface area contributed by atoms with Crippen molar-refractivity contribution >= 4 is 12.2 Å². The van der Waals surface area contributed by atoms with Gasteiger partial charge in [-0.15, -0.1) is 0 Å². The molecule has 7 nitrogen and oxygen atoms in total. The first-order valence-corrected chi connectivity index (χ1v) is 8.00. The summed E-state index contributed by atoms with van der Waals surface area (Å²) in [5, 5.41) is 8.68. The van der Waals surface area contributed by atoms with Crippen LogP contribution in [0.2, 0.25) is 0 Å². The number of amides is 2. The van der Waals surface area contributed by atoms with E-state index in [1.807, 2.05) is 55.4 Å². The molecule has 3 N–H and O–H groups in total. The van der Waals surface area contributed by atoms with Gasteiger partial charge in [0.15, 0.2) is 0 Å². The summed E-state index contributed by atoms with van der Waals surface area (Å²) in [6.07, 6.45) is -0.877. The smallest absolute Gasteiger partial charge is 0.407 e. The van der Waals surface area contributed by atoms with Crippen molar-refractivity contribution in [1.82, 2.24) is 16.0 Å². The highest BCUT2D eigenvalue weighted by Gasteiger charge is 2.20. The molecular weight excluding hydrogens is 298 g/mol.